The molecule has 4 rings (SSSR count). The maximum absolute atomic E-state index is 9.36. The van der Waals surface area contributed by atoms with Crippen LogP contribution in [-0.4, -0.2) is 0 Å². The first-order valence-electron chi connectivity index (χ1n) is 9.16. The number of hydrogen-bond donors (Lipinski definition) is 0. The Morgan fingerprint density at radius 1 is 1.10 bits per heavy atom. The summed E-state index contributed by atoms with van der Waals surface area (Å²) in [6.07, 6.45) is 14.7. The van der Waals surface area contributed by atoms with Gasteiger partial charge in [-0.2, -0.15) is 5.26 Å². The highest BCUT2D eigenvalue weighted by Gasteiger charge is 2.57. The van der Waals surface area contributed by atoms with Crippen molar-refractivity contribution in [3.63, 3.8) is 0 Å². The fourth-order valence-corrected chi connectivity index (χ4v) is 7.04. The standard InChI is InChI=1S/C20H29N/c1-19-10-3-4-17(19)16-8-7-15-6-5-14(13-21)12-20(15,2)18(16)9-11-19/h5,15-18H,3-4,6-12H2,1-2H3/t15-,16+,17+,18+,19+,20+/m1/s1. The predicted molar refractivity (Wildman–Crippen MR) is 85.4 cm³/mol. The van der Waals surface area contributed by atoms with E-state index < -0.39 is 0 Å². The van der Waals surface area contributed by atoms with Gasteiger partial charge in [-0.15, -0.1) is 0 Å². The molecule has 1 nitrogen and oxygen atoms in total. The van der Waals surface area contributed by atoms with Crippen molar-refractivity contribution in [1.29, 1.82) is 5.26 Å². The van der Waals surface area contributed by atoms with Crippen LogP contribution in [0.2, 0.25) is 0 Å². The molecule has 3 saturated carbocycles. The fraction of sp³-hybridized carbons (Fsp3) is 0.850. The van der Waals surface area contributed by atoms with Gasteiger partial charge in [0.1, 0.15) is 0 Å². The average molecular weight is 283 g/mol. The van der Waals surface area contributed by atoms with Gasteiger partial charge in [0, 0.05) is 5.57 Å². The molecule has 0 aromatic heterocycles. The molecule has 114 valence electrons. The molecule has 0 amide bonds. The first-order chi connectivity index (χ1) is 10.1. The summed E-state index contributed by atoms with van der Waals surface area (Å²) in [5, 5.41) is 9.36. The van der Waals surface area contributed by atoms with Crippen LogP contribution >= 0.6 is 0 Å². The summed E-state index contributed by atoms with van der Waals surface area (Å²) in [6.45, 7) is 5.12. The monoisotopic (exact) mass is 283 g/mol. The Labute approximate surface area is 129 Å². The van der Waals surface area contributed by atoms with E-state index in [1.54, 1.807) is 0 Å². The van der Waals surface area contributed by atoms with Gasteiger partial charge in [0.2, 0.25) is 0 Å². The maximum Gasteiger partial charge on any atom is 0.0943 e. The van der Waals surface area contributed by atoms with E-state index in [9.17, 15) is 5.26 Å². The summed E-state index contributed by atoms with van der Waals surface area (Å²) in [6, 6.07) is 2.47. The number of allylic oxidation sites excluding steroid dienone is 2. The van der Waals surface area contributed by atoms with E-state index in [-0.39, 0.29) is 0 Å². The van der Waals surface area contributed by atoms with Crippen LogP contribution in [0.25, 0.3) is 0 Å². The number of rotatable bonds is 0. The van der Waals surface area contributed by atoms with Gasteiger partial charge < -0.3 is 0 Å². The molecule has 0 unspecified atom stereocenters. The minimum atomic E-state index is 0.423. The smallest absolute Gasteiger partial charge is 0.0943 e. The van der Waals surface area contributed by atoms with E-state index in [1.807, 2.05) is 0 Å². The van der Waals surface area contributed by atoms with E-state index >= 15 is 0 Å². The molecule has 3 fully saturated rings. The molecule has 1 heteroatoms. The van der Waals surface area contributed by atoms with Gasteiger partial charge in [-0.05, 0) is 85.9 Å². The van der Waals surface area contributed by atoms with Crippen LogP contribution in [0.1, 0.15) is 71.6 Å². The van der Waals surface area contributed by atoms with Crippen molar-refractivity contribution in [3.05, 3.63) is 11.6 Å². The van der Waals surface area contributed by atoms with Gasteiger partial charge in [-0.25, -0.2) is 0 Å². The van der Waals surface area contributed by atoms with Crippen LogP contribution in [0.5, 0.6) is 0 Å². The molecular formula is C20H29N. The van der Waals surface area contributed by atoms with E-state index in [2.05, 4.69) is 26.0 Å². The molecule has 0 aromatic carbocycles. The predicted octanol–water partition coefficient (Wildman–Crippen LogP) is 5.48. The molecule has 4 aliphatic rings. The summed E-state index contributed by atoms with van der Waals surface area (Å²) >= 11 is 0. The van der Waals surface area contributed by atoms with Crippen molar-refractivity contribution in [3.8, 4) is 6.07 Å². The van der Waals surface area contributed by atoms with Crippen LogP contribution in [-0.2, 0) is 0 Å². The second-order valence-electron chi connectivity index (χ2n) is 9.00. The number of nitrogens with zero attached hydrogens (tertiary/aromatic N) is 1. The zero-order chi connectivity index (χ0) is 14.7. The van der Waals surface area contributed by atoms with Crippen molar-refractivity contribution in [2.45, 2.75) is 71.6 Å². The Hall–Kier alpha value is -0.770. The van der Waals surface area contributed by atoms with E-state index in [1.165, 1.54) is 51.4 Å². The molecule has 21 heavy (non-hydrogen) atoms. The molecule has 0 aliphatic heterocycles. The lowest BCUT2D eigenvalue weighted by Crippen LogP contribution is -2.51. The lowest BCUT2D eigenvalue weighted by atomic mass is 9.45. The van der Waals surface area contributed by atoms with Gasteiger partial charge in [0.15, 0.2) is 0 Å². The molecule has 0 N–H and O–H groups in total. The number of fused-ring (bicyclic) bond motifs is 5. The second-order valence-corrected chi connectivity index (χ2v) is 9.00. The summed E-state index contributed by atoms with van der Waals surface area (Å²) in [7, 11) is 0. The van der Waals surface area contributed by atoms with Crippen LogP contribution in [0.3, 0.4) is 0 Å². The zero-order valence-corrected chi connectivity index (χ0v) is 13.7. The van der Waals surface area contributed by atoms with E-state index in [0.717, 1.165) is 35.7 Å². The highest BCUT2D eigenvalue weighted by atomic mass is 14.6. The summed E-state index contributed by atoms with van der Waals surface area (Å²) < 4.78 is 0. The van der Waals surface area contributed by atoms with E-state index in [0.29, 0.717) is 10.8 Å². The lowest BCUT2D eigenvalue weighted by molar-refractivity contribution is -0.0880. The molecule has 0 bridgehead atoms. The fourth-order valence-electron chi connectivity index (χ4n) is 7.04. The molecular weight excluding hydrogens is 254 g/mol. The third-order valence-electron chi connectivity index (χ3n) is 8.21. The lowest BCUT2D eigenvalue weighted by Gasteiger charge is -2.59. The van der Waals surface area contributed by atoms with Gasteiger partial charge in [0.25, 0.3) is 0 Å². The Bertz CT molecular complexity index is 512. The van der Waals surface area contributed by atoms with Crippen LogP contribution in [0, 0.1) is 45.8 Å². The first-order valence-corrected chi connectivity index (χ1v) is 9.16. The SMILES string of the molecule is C[C@@]12CCC[C@H]1[C@@H]1CC[C@H]3CC=C(C#N)C[C@]3(C)[C@H]1CC2. The normalized spacial score (nSPS) is 52.1. The van der Waals surface area contributed by atoms with Crippen molar-refractivity contribution in [2.75, 3.05) is 0 Å². The molecule has 0 aromatic rings. The Morgan fingerprint density at radius 2 is 1.95 bits per heavy atom. The zero-order valence-electron chi connectivity index (χ0n) is 13.7. The topological polar surface area (TPSA) is 23.8 Å². The first kappa shape index (κ1) is 13.9. The Balaban J connectivity index is 1.66. The minimum Gasteiger partial charge on any atom is -0.193 e. The molecule has 0 spiro atoms. The maximum atomic E-state index is 9.36. The number of nitriles is 1. The van der Waals surface area contributed by atoms with Crippen molar-refractivity contribution >= 4 is 0 Å². The quantitative estimate of drug-likeness (QED) is 0.577. The average Bonchev–Trinajstić information content (AvgIpc) is 2.87. The summed E-state index contributed by atoms with van der Waals surface area (Å²) in [4.78, 5) is 0. The Kier molecular flexibility index (Phi) is 3.04. The van der Waals surface area contributed by atoms with Crippen molar-refractivity contribution in [1.82, 2.24) is 0 Å². The third-order valence-corrected chi connectivity index (χ3v) is 8.21. The summed E-state index contributed by atoms with van der Waals surface area (Å²) in [5.74, 6) is 3.70. The van der Waals surface area contributed by atoms with E-state index in [4.69, 9.17) is 0 Å². The molecule has 0 radical (unpaired) electrons. The van der Waals surface area contributed by atoms with Crippen molar-refractivity contribution < 1.29 is 0 Å². The van der Waals surface area contributed by atoms with Gasteiger partial charge in [-0.3, -0.25) is 0 Å². The van der Waals surface area contributed by atoms with Gasteiger partial charge in [-0.1, -0.05) is 26.3 Å². The second kappa shape index (κ2) is 4.61. The van der Waals surface area contributed by atoms with Crippen LogP contribution < -0.4 is 0 Å². The van der Waals surface area contributed by atoms with Gasteiger partial charge in [0.05, 0.1) is 6.07 Å². The Morgan fingerprint density at radius 3 is 2.76 bits per heavy atom. The van der Waals surface area contributed by atoms with Gasteiger partial charge >= 0.3 is 0 Å². The number of hydrogen-bond acceptors (Lipinski definition) is 1. The molecule has 0 heterocycles. The third kappa shape index (κ3) is 1.87. The largest absolute Gasteiger partial charge is 0.193 e. The highest BCUT2D eigenvalue weighted by molar-refractivity contribution is 5.27. The highest BCUT2D eigenvalue weighted by Crippen LogP contribution is 2.66. The molecule has 0 saturated heterocycles. The molecule has 6 atom stereocenters. The molecule has 4 aliphatic carbocycles. The van der Waals surface area contributed by atoms with Crippen LogP contribution in [0.15, 0.2) is 11.6 Å². The van der Waals surface area contributed by atoms with Crippen molar-refractivity contribution in [2.24, 2.45) is 34.5 Å². The minimum absolute atomic E-state index is 0.423. The van der Waals surface area contributed by atoms with Crippen LogP contribution in [0.4, 0.5) is 0 Å². The summed E-state index contributed by atoms with van der Waals surface area (Å²) in [5.41, 5.74) is 2.16.